The highest BCUT2D eigenvalue weighted by Crippen LogP contribution is 2.27. The highest BCUT2D eigenvalue weighted by atomic mass is 35.5. The quantitative estimate of drug-likeness (QED) is 0.863. The van der Waals surface area contributed by atoms with E-state index in [1.807, 2.05) is 6.92 Å². The molecule has 1 saturated heterocycles. The molecule has 1 aromatic rings. The van der Waals surface area contributed by atoms with E-state index in [9.17, 15) is 4.79 Å². The Balaban J connectivity index is 1.92. The first kappa shape index (κ1) is 14.1. The second-order valence-corrected chi connectivity index (χ2v) is 5.17. The van der Waals surface area contributed by atoms with Gasteiger partial charge in [-0.3, -0.25) is 4.79 Å². The van der Waals surface area contributed by atoms with Crippen LogP contribution >= 0.6 is 11.6 Å². The maximum atomic E-state index is 11.8. The van der Waals surface area contributed by atoms with E-state index in [4.69, 9.17) is 21.1 Å². The Morgan fingerprint density at radius 1 is 1.53 bits per heavy atom. The highest BCUT2D eigenvalue weighted by molar-refractivity contribution is 6.31. The largest absolute Gasteiger partial charge is 0.495 e. The van der Waals surface area contributed by atoms with Crippen molar-refractivity contribution in [3.05, 3.63) is 23.2 Å². The Morgan fingerprint density at radius 3 is 2.84 bits per heavy atom. The van der Waals surface area contributed by atoms with Crippen molar-refractivity contribution in [3.8, 4) is 5.75 Å². The molecule has 0 aliphatic carbocycles. The van der Waals surface area contributed by atoms with E-state index in [2.05, 4.69) is 10.6 Å². The van der Waals surface area contributed by atoms with Crippen LogP contribution < -0.4 is 15.4 Å². The fraction of sp³-hybridized carbons (Fsp3) is 0.462. The molecule has 0 saturated carbocycles. The molecule has 0 bridgehead atoms. The number of amides is 1. The van der Waals surface area contributed by atoms with Crippen LogP contribution in [0.4, 0.5) is 5.69 Å². The number of carbonyl (C=O) groups excluding carboxylic acids is 1. The molecule has 1 aliphatic heterocycles. The normalized spacial score (nSPS) is 16.6. The van der Waals surface area contributed by atoms with Crippen molar-refractivity contribution in [2.45, 2.75) is 12.5 Å². The maximum Gasteiger partial charge on any atom is 0.250 e. The fourth-order valence-electron chi connectivity index (χ4n) is 1.78. The minimum absolute atomic E-state index is 0.00779. The van der Waals surface area contributed by atoms with Crippen LogP contribution in [0, 0.1) is 0 Å². The first-order valence-corrected chi connectivity index (χ1v) is 6.38. The van der Waals surface area contributed by atoms with E-state index in [1.165, 1.54) is 7.11 Å². The topological polar surface area (TPSA) is 59.6 Å². The van der Waals surface area contributed by atoms with Gasteiger partial charge in [0, 0.05) is 18.1 Å². The van der Waals surface area contributed by atoms with Crippen molar-refractivity contribution in [2.75, 3.05) is 32.1 Å². The van der Waals surface area contributed by atoms with Crippen LogP contribution in [0.25, 0.3) is 0 Å². The third kappa shape index (κ3) is 3.59. The second-order valence-electron chi connectivity index (χ2n) is 4.73. The van der Waals surface area contributed by atoms with Gasteiger partial charge in [-0.05, 0) is 25.1 Å². The number of nitrogens with one attached hydrogen (secondary N) is 2. The van der Waals surface area contributed by atoms with Crippen LogP contribution in [0.3, 0.4) is 0 Å². The highest BCUT2D eigenvalue weighted by Gasteiger charge is 2.33. The number of benzene rings is 1. The molecule has 0 radical (unpaired) electrons. The van der Waals surface area contributed by atoms with Gasteiger partial charge in [-0.1, -0.05) is 11.6 Å². The number of methoxy groups -OCH3 is 1. The summed E-state index contributed by atoms with van der Waals surface area (Å²) in [6.07, 6.45) is 0. The number of anilines is 1. The lowest BCUT2D eigenvalue weighted by Gasteiger charge is -2.38. The monoisotopic (exact) mass is 284 g/mol. The van der Waals surface area contributed by atoms with Crippen LogP contribution in [0.1, 0.15) is 6.92 Å². The number of hydrogen-bond acceptors (Lipinski definition) is 4. The Labute approximate surface area is 117 Å². The first-order chi connectivity index (χ1) is 9.02. The summed E-state index contributed by atoms with van der Waals surface area (Å²) in [4.78, 5) is 11.8. The molecule has 19 heavy (non-hydrogen) atoms. The van der Waals surface area contributed by atoms with Crippen molar-refractivity contribution >= 4 is 23.2 Å². The van der Waals surface area contributed by atoms with E-state index in [-0.39, 0.29) is 18.1 Å². The zero-order chi connectivity index (χ0) is 13.9. The zero-order valence-corrected chi connectivity index (χ0v) is 11.7. The van der Waals surface area contributed by atoms with Crippen molar-refractivity contribution in [1.29, 1.82) is 0 Å². The molecule has 2 rings (SSSR count). The first-order valence-electron chi connectivity index (χ1n) is 6.00. The predicted molar refractivity (Wildman–Crippen MR) is 73.9 cm³/mol. The van der Waals surface area contributed by atoms with Gasteiger partial charge in [0.25, 0.3) is 5.91 Å². The molecule has 1 heterocycles. The van der Waals surface area contributed by atoms with Gasteiger partial charge in [0.15, 0.2) is 0 Å². The average Bonchev–Trinajstić information content (AvgIpc) is 2.34. The number of halogens is 1. The maximum absolute atomic E-state index is 11.8. The molecule has 0 spiro atoms. The van der Waals surface area contributed by atoms with E-state index >= 15 is 0 Å². The summed E-state index contributed by atoms with van der Waals surface area (Å²) in [5, 5.41) is 6.37. The minimum atomic E-state index is -0.240. The summed E-state index contributed by atoms with van der Waals surface area (Å²) in [6.45, 7) is 3.51. The molecule has 1 aliphatic rings. The zero-order valence-electron chi connectivity index (χ0n) is 11.0. The Kier molecular flexibility index (Phi) is 4.29. The van der Waals surface area contributed by atoms with Crippen molar-refractivity contribution in [2.24, 2.45) is 0 Å². The van der Waals surface area contributed by atoms with Gasteiger partial charge < -0.3 is 20.1 Å². The van der Waals surface area contributed by atoms with Gasteiger partial charge in [-0.2, -0.15) is 0 Å². The number of ether oxygens (including phenoxy) is 2. The molecule has 0 unspecified atom stereocenters. The molecule has 1 fully saturated rings. The molecular formula is C13H17ClN2O3. The SMILES string of the molecule is COc1ccc(Cl)cc1NC(=O)COC1(C)CNC1. The summed E-state index contributed by atoms with van der Waals surface area (Å²) < 4.78 is 10.7. The van der Waals surface area contributed by atoms with Crippen molar-refractivity contribution in [3.63, 3.8) is 0 Å². The number of carbonyl (C=O) groups is 1. The summed E-state index contributed by atoms with van der Waals surface area (Å²) in [5.41, 5.74) is 0.302. The average molecular weight is 285 g/mol. The van der Waals surface area contributed by atoms with Crippen LogP contribution in [0.15, 0.2) is 18.2 Å². The van der Waals surface area contributed by atoms with Crippen LogP contribution in [0.2, 0.25) is 5.02 Å². The molecule has 5 nitrogen and oxygen atoms in total. The molecule has 0 atom stereocenters. The van der Waals surface area contributed by atoms with Gasteiger partial charge in [-0.15, -0.1) is 0 Å². The standard InChI is InChI=1S/C13H17ClN2O3/c1-13(7-15-8-13)19-6-12(17)16-10-5-9(14)3-4-11(10)18-2/h3-5,15H,6-8H2,1-2H3,(H,16,17). The lowest BCUT2D eigenvalue weighted by atomic mass is 10.0. The molecule has 6 heteroatoms. The van der Waals surface area contributed by atoms with E-state index < -0.39 is 0 Å². The van der Waals surface area contributed by atoms with Crippen molar-refractivity contribution < 1.29 is 14.3 Å². The summed E-state index contributed by atoms with van der Waals surface area (Å²) >= 11 is 5.89. The van der Waals surface area contributed by atoms with Gasteiger partial charge in [0.1, 0.15) is 12.4 Å². The van der Waals surface area contributed by atoms with Gasteiger partial charge in [-0.25, -0.2) is 0 Å². The third-order valence-corrected chi connectivity index (χ3v) is 3.22. The molecule has 1 amide bonds. The van der Waals surface area contributed by atoms with Gasteiger partial charge in [0.05, 0.1) is 18.4 Å². The van der Waals surface area contributed by atoms with Gasteiger partial charge >= 0.3 is 0 Å². The lowest BCUT2D eigenvalue weighted by molar-refractivity contribution is -0.130. The molecule has 104 valence electrons. The predicted octanol–water partition coefficient (Wildman–Crippen LogP) is 1.67. The Morgan fingerprint density at radius 2 is 2.26 bits per heavy atom. The summed E-state index contributed by atoms with van der Waals surface area (Å²) in [6, 6.07) is 5.05. The Bertz CT molecular complexity index is 475. The van der Waals surface area contributed by atoms with Crippen molar-refractivity contribution in [1.82, 2.24) is 5.32 Å². The second kappa shape index (κ2) is 5.77. The van der Waals surface area contributed by atoms with Crippen LogP contribution in [0.5, 0.6) is 5.75 Å². The van der Waals surface area contributed by atoms with Gasteiger partial charge in [0.2, 0.25) is 0 Å². The summed E-state index contributed by atoms with van der Waals surface area (Å²) in [5.74, 6) is 0.336. The smallest absolute Gasteiger partial charge is 0.250 e. The molecule has 2 N–H and O–H groups in total. The number of rotatable bonds is 5. The molecule has 1 aromatic carbocycles. The van der Waals surface area contributed by atoms with Crippen LogP contribution in [-0.2, 0) is 9.53 Å². The lowest BCUT2D eigenvalue weighted by Crippen LogP contribution is -2.59. The van der Waals surface area contributed by atoms with E-state index in [0.717, 1.165) is 13.1 Å². The number of hydrogen-bond donors (Lipinski definition) is 2. The van der Waals surface area contributed by atoms with E-state index in [1.54, 1.807) is 18.2 Å². The van der Waals surface area contributed by atoms with E-state index in [0.29, 0.717) is 16.5 Å². The van der Waals surface area contributed by atoms with Crippen LogP contribution in [-0.4, -0.2) is 38.3 Å². The summed E-state index contributed by atoms with van der Waals surface area (Å²) in [7, 11) is 1.54. The molecule has 0 aromatic heterocycles. The third-order valence-electron chi connectivity index (χ3n) is 2.99. The minimum Gasteiger partial charge on any atom is -0.495 e. The fourth-order valence-corrected chi connectivity index (χ4v) is 1.96. The molecular weight excluding hydrogens is 268 g/mol. The Hall–Kier alpha value is -1.30.